The van der Waals surface area contributed by atoms with E-state index in [0.717, 1.165) is 10.2 Å². The van der Waals surface area contributed by atoms with Gasteiger partial charge in [-0.25, -0.2) is 0 Å². The van der Waals surface area contributed by atoms with Gasteiger partial charge in [0.05, 0.1) is 12.1 Å². The first-order valence-electron chi connectivity index (χ1n) is 6.15. The highest BCUT2D eigenvalue weighted by Crippen LogP contribution is 2.32. The van der Waals surface area contributed by atoms with Crippen LogP contribution in [-0.2, 0) is 0 Å². The standard InChI is InChI=1S/C14H23BrN2O/c1-10(16-4)12-8-11(15)6-7-13(12)17(5)14(2,3)9-18/h6-8,10,16,18H,9H2,1-5H3. The summed E-state index contributed by atoms with van der Waals surface area (Å²) in [5.41, 5.74) is 2.07. The molecule has 0 heterocycles. The largest absolute Gasteiger partial charge is 0.394 e. The summed E-state index contributed by atoms with van der Waals surface area (Å²) in [5.74, 6) is 0. The molecule has 0 fully saturated rings. The van der Waals surface area contributed by atoms with Crippen LogP contribution in [0.3, 0.4) is 0 Å². The van der Waals surface area contributed by atoms with Crippen LogP contribution in [0.15, 0.2) is 22.7 Å². The van der Waals surface area contributed by atoms with E-state index in [9.17, 15) is 5.11 Å². The summed E-state index contributed by atoms with van der Waals surface area (Å²) in [6.45, 7) is 6.31. The van der Waals surface area contributed by atoms with E-state index in [1.807, 2.05) is 34.0 Å². The number of benzene rings is 1. The molecule has 0 aliphatic heterocycles. The molecule has 0 aliphatic carbocycles. The fourth-order valence-corrected chi connectivity index (χ4v) is 2.14. The van der Waals surface area contributed by atoms with Gasteiger partial charge in [0.1, 0.15) is 0 Å². The second kappa shape index (κ2) is 6.04. The number of nitrogens with one attached hydrogen (secondary N) is 1. The van der Waals surface area contributed by atoms with Gasteiger partial charge in [-0.15, -0.1) is 0 Å². The van der Waals surface area contributed by atoms with Crippen LogP contribution in [0.4, 0.5) is 5.69 Å². The van der Waals surface area contributed by atoms with Crippen molar-refractivity contribution in [3.63, 3.8) is 0 Å². The quantitative estimate of drug-likeness (QED) is 0.877. The number of halogens is 1. The van der Waals surface area contributed by atoms with Gasteiger partial charge in [-0.2, -0.15) is 0 Å². The minimum absolute atomic E-state index is 0.118. The van der Waals surface area contributed by atoms with Crippen LogP contribution in [0.1, 0.15) is 32.4 Å². The Balaban J connectivity index is 3.23. The number of nitrogens with zero attached hydrogens (tertiary/aromatic N) is 1. The third-order valence-electron chi connectivity index (χ3n) is 3.55. The maximum Gasteiger partial charge on any atom is 0.0658 e. The van der Waals surface area contributed by atoms with Crippen LogP contribution in [0.2, 0.25) is 0 Å². The molecule has 0 spiro atoms. The monoisotopic (exact) mass is 314 g/mol. The molecule has 4 heteroatoms. The molecule has 1 unspecified atom stereocenters. The van der Waals surface area contributed by atoms with Crippen molar-refractivity contribution < 1.29 is 5.11 Å². The molecule has 0 aliphatic rings. The molecule has 0 saturated carbocycles. The number of aliphatic hydroxyl groups excluding tert-OH is 1. The van der Waals surface area contributed by atoms with E-state index in [1.54, 1.807) is 0 Å². The number of rotatable bonds is 5. The van der Waals surface area contributed by atoms with Gasteiger partial charge in [0.25, 0.3) is 0 Å². The Bertz CT molecular complexity index is 407. The number of likely N-dealkylation sites (N-methyl/N-ethyl adjacent to an activating group) is 1. The Morgan fingerprint density at radius 1 is 1.44 bits per heavy atom. The van der Waals surface area contributed by atoms with Crippen molar-refractivity contribution >= 4 is 21.6 Å². The molecule has 1 aromatic carbocycles. The van der Waals surface area contributed by atoms with Crippen LogP contribution in [-0.4, -0.2) is 31.3 Å². The van der Waals surface area contributed by atoms with Gasteiger partial charge in [0.15, 0.2) is 0 Å². The molecule has 2 N–H and O–H groups in total. The summed E-state index contributed by atoms with van der Waals surface area (Å²) in [6, 6.07) is 6.51. The first-order chi connectivity index (χ1) is 8.33. The van der Waals surface area contributed by atoms with Gasteiger partial charge in [0.2, 0.25) is 0 Å². The molecule has 1 rings (SSSR count). The summed E-state index contributed by atoms with van der Waals surface area (Å²) >= 11 is 3.51. The molecule has 3 nitrogen and oxygen atoms in total. The first kappa shape index (κ1) is 15.5. The van der Waals surface area contributed by atoms with Gasteiger partial charge in [-0.1, -0.05) is 15.9 Å². The first-order valence-corrected chi connectivity index (χ1v) is 6.94. The van der Waals surface area contributed by atoms with Crippen molar-refractivity contribution in [2.45, 2.75) is 32.4 Å². The summed E-state index contributed by atoms with van der Waals surface area (Å²) in [4.78, 5) is 2.13. The lowest BCUT2D eigenvalue weighted by atomic mass is 9.99. The number of hydrogen-bond donors (Lipinski definition) is 2. The highest BCUT2D eigenvalue weighted by Gasteiger charge is 2.25. The molecular weight excluding hydrogens is 292 g/mol. The second-order valence-electron chi connectivity index (χ2n) is 5.24. The zero-order chi connectivity index (χ0) is 13.9. The van der Waals surface area contributed by atoms with Crippen LogP contribution >= 0.6 is 15.9 Å². The number of aliphatic hydroxyl groups is 1. The van der Waals surface area contributed by atoms with Crippen molar-refractivity contribution in [3.8, 4) is 0 Å². The number of hydrogen-bond acceptors (Lipinski definition) is 3. The zero-order valence-corrected chi connectivity index (χ0v) is 13.4. The minimum atomic E-state index is -0.282. The Morgan fingerprint density at radius 2 is 2.06 bits per heavy atom. The number of anilines is 1. The predicted octanol–water partition coefficient (Wildman–Crippen LogP) is 2.94. The Hall–Kier alpha value is -0.580. The lowest BCUT2D eigenvalue weighted by Crippen LogP contribution is -2.45. The molecule has 1 atom stereocenters. The van der Waals surface area contributed by atoms with E-state index in [0.29, 0.717) is 0 Å². The van der Waals surface area contributed by atoms with Gasteiger partial charge < -0.3 is 15.3 Å². The van der Waals surface area contributed by atoms with Crippen molar-refractivity contribution in [1.82, 2.24) is 5.32 Å². The third kappa shape index (κ3) is 3.25. The van der Waals surface area contributed by atoms with Crippen molar-refractivity contribution in [2.24, 2.45) is 0 Å². The van der Waals surface area contributed by atoms with Crippen LogP contribution in [0.25, 0.3) is 0 Å². The molecule has 18 heavy (non-hydrogen) atoms. The van der Waals surface area contributed by atoms with Crippen LogP contribution < -0.4 is 10.2 Å². The van der Waals surface area contributed by atoms with E-state index in [-0.39, 0.29) is 18.2 Å². The molecule has 102 valence electrons. The Labute approximate surface area is 118 Å². The van der Waals surface area contributed by atoms with E-state index in [1.165, 1.54) is 5.56 Å². The molecule has 0 bridgehead atoms. The maximum absolute atomic E-state index is 9.50. The highest BCUT2D eigenvalue weighted by molar-refractivity contribution is 9.10. The van der Waals surface area contributed by atoms with E-state index < -0.39 is 0 Å². The molecule has 0 saturated heterocycles. The fraction of sp³-hybridized carbons (Fsp3) is 0.571. The Morgan fingerprint density at radius 3 is 2.56 bits per heavy atom. The summed E-state index contributed by atoms with van der Waals surface area (Å²) in [7, 11) is 3.97. The van der Waals surface area contributed by atoms with Gasteiger partial charge in [0, 0.05) is 23.2 Å². The lowest BCUT2D eigenvalue weighted by molar-refractivity contribution is 0.216. The van der Waals surface area contributed by atoms with Crippen molar-refractivity contribution in [3.05, 3.63) is 28.2 Å². The fourth-order valence-electron chi connectivity index (χ4n) is 1.77. The smallest absolute Gasteiger partial charge is 0.0658 e. The second-order valence-corrected chi connectivity index (χ2v) is 6.16. The molecule has 0 aromatic heterocycles. The molecule has 1 aromatic rings. The summed E-state index contributed by atoms with van der Waals surface area (Å²) < 4.78 is 1.07. The Kier molecular flexibility index (Phi) is 5.20. The lowest BCUT2D eigenvalue weighted by Gasteiger charge is -2.38. The maximum atomic E-state index is 9.50. The molecule has 0 amide bonds. The van der Waals surface area contributed by atoms with E-state index >= 15 is 0 Å². The van der Waals surface area contributed by atoms with Crippen molar-refractivity contribution in [2.75, 3.05) is 25.6 Å². The average Bonchev–Trinajstić information content (AvgIpc) is 2.36. The van der Waals surface area contributed by atoms with Crippen LogP contribution in [0, 0.1) is 0 Å². The summed E-state index contributed by atoms with van der Waals surface area (Å²) in [6.07, 6.45) is 0. The topological polar surface area (TPSA) is 35.5 Å². The SMILES string of the molecule is CNC(C)c1cc(Br)ccc1N(C)C(C)(C)CO. The van der Waals surface area contributed by atoms with E-state index in [2.05, 4.69) is 45.2 Å². The van der Waals surface area contributed by atoms with Gasteiger partial charge in [-0.05, 0) is 51.6 Å². The predicted molar refractivity (Wildman–Crippen MR) is 81.2 cm³/mol. The normalized spacial score (nSPS) is 13.5. The van der Waals surface area contributed by atoms with Gasteiger partial charge in [-0.3, -0.25) is 0 Å². The molecule has 0 radical (unpaired) electrons. The van der Waals surface area contributed by atoms with E-state index in [4.69, 9.17) is 0 Å². The average molecular weight is 315 g/mol. The van der Waals surface area contributed by atoms with Gasteiger partial charge >= 0.3 is 0 Å². The van der Waals surface area contributed by atoms with Crippen LogP contribution in [0.5, 0.6) is 0 Å². The highest BCUT2D eigenvalue weighted by atomic mass is 79.9. The zero-order valence-electron chi connectivity index (χ0n) is 11.8. The minimum Gasteiger partial charge on any atom is -0.394 e. The summed E-state index contributed by atoms with van der Waals surface area (Å²) in [5, 5.41) is 12.8. The van der Waals surface area contributed by atoms with Crippen molar-refractivity contribution in [1.29, 1.82) is 0 Å². The third-order valence-corrected chi connectivity index (χ3v) is 4.04. The molecular formula is C14H23BrN2O.